The molecule has 0 spiro atoms. The van der Waals surface area contributed by atoms with Crippen LogP contribution in [0.3, 0.4) is 0 Å². The molecule has 1 aromatic rings. The van der Waals surface area contributed by atoms with Crippen LogP contribution >= 0.6 is 23.2 Å². The third-order valence-electron chi connectivity index (χ3n) is 3.32. The average Bonchev–Trinajstić information content (AvgIpc) is 2.96. The lowest BCUT2D eigenvalue weighted by atomic mass is 10.2. The minimum absolute atomic E-state index is 0.0998. The maximum absolute atomic E-state index is 12.4. The second-order valence-electron chi connectivity index (χ2n) is 4.63. The molecule has 0 bridgehead atoms. The van der Waals surface area contributed by atoms with E-state index in [4.69, 9.17) is 23.2 Å². The predicted molar refractivity (Wildman–Crippen MR) is 77.7 cm³/mol. The maximum Gasteiger partial charge on any atom is 0.270 e. The number of aromatic nitrogens is 1. The van der Waals surface area contributed by atoms with Crippen LogP contribution in [0.25, 0.3) is 0 Å². The molecular formula is C11H15Cl2N3O3S. The monoisotopic (exact) mass is 339 g/mol. The van der Waals surface area contributed by atoms with Crippen LogP contribution in [-0.4, -0.2) is 49.6 Å². The number of nitrogens with one attached hydrogen (secondary N) is 2. The highest BCUT2D eigenvalue weighted by atomic mass is 35.5. The Balaban J connectivity index is 2.16. The fourth-order valence-electron chi connectivity index (χ4n) is 2.29. The Hall–Kier alpha value is -0.760. The number of carbonyl (C=O) groups excluding carboxylic acids is 1. The molecule has 9 heteroatoms. The van der Waals surface area contributed by atoms with Crippen LogP contribution in [0.15, 0.2) is 6.07 Å². The number of halogens is 2. The number of sulfonamides is 1. The van der Waals surface area contributed by atoms with Crippen LogP contribution in [0, 0.1) is 0 Å². The van der Waals surface area contributed by atoms with Crippen LogP contribution in [0.2, 0.25) is 10.2 Å². The third kappa shape index (κ3) is 3.28. The molecule has 2 N–H and O–H groups in total. The van der Waals surface area contributed by atoms with E-state index in [1.807, 2.05) is 0 Å². The van der Waals surface area contributed by atoms with Gasteiger partial charge in [0, 0.05) is 12.6 Å². The number of amides is 1. The summed E-state index contributed by atoms with van der Waals surface area (Å²) in [5, 5.41) is 0.474. The molecule has 1 fully saturated rings. The summed E-state index contributed by atoms with van der Waals surface area (Å²) in [6.45, 7) is 0.525. The molecule has 1 aliphatic heterocycles. The Labute approximate surface area is 127 Å². The molecule has 2 heterocycles. The molecule has 0 aromatic carbocycles. The number of hydrogen-bond acceptors (Lipinski definition) is 3. The van der Waals surface area contributed by atoms with Gasteiger partial charge in [-0.05, 0) is 26.0 Å². The first-order chi connectivity index (χ1) is 9.34. The molecule has 1 aromatic heterocycles. The van der Waals surface area contributed by atoms with E-state index in [0.29, 0.717) is 13.0 Å². The van der Waals surface area contributed by atoms with E-state index in [1.165, 1.54) is 13.1 Å². The minimum Gasteiger partial charge on any atom is -0.340 e. The highest BCUT2D eigenvalue weighted by molar-refractivity contribution is 7.89. The Bertz CT molecular complexity index is 595. The van der Waals surface area contributed by atoms with Crippen LogP contribution < -0.4 is 4.72 Å². The summed E-state index contributed by atoms with van der Waals surface area (Å²) < 4.78 is 25.5. The van der Waals surface area contributed by atoms with Gasteiger partial charge in [0.15, 0.2) is 0 Å². The molecule has 1 aliphatic rings. The van der Waals surface area contributed by atoms with Gasteiger partial charge in [-0.2, -0.15) is 0 Å². The van der Waals surface area contributed by atoms with Crippen molar-refractivity contribution in [1.29, 1.82) is 0 Å². The van der Waals surface area contributed by atoms with E-state index in [-0.39, 0.29) is 33.6 Å². The fraction of sp³-hybridized carbons (Fsp3) is 0.545. The Morgan fingerprint density at radius 1 is 1.55 bits per heavy atom. The average molecular weight is 340 g/mol. The van der Waals surface area contributed by atoms with Gasteiger partial charge in [-0.25, -0.2) is 13.1 Å². The summed E-state index contributed by atoms with van der Waals surface area (Å²) in [5.74, 6) is -0.384. The van der Waals surface area contributed by atoms with E-state index in [2.05, 4.69) is 9.71 Å². The van der Waals surface area contributed by atoms with E-state index >= 15 is 0 Å². The van der Waals surface area contributed by atoms with Crippen molar-refractivity contribution < 1.29 is 13.2 Å². The summed E-state index contributed by atoms with van der Waals surface area (Å²) in [6.07, 6.45) is 1.44. The zero-order valence-corrected chi connectivity index (χ0v) is 13.1. The molecule has 1 unspecified atom stereocenters. The highest BCUT2D eigenvalue weighted by Gasteiger charge is 2.33. The van der Waals surface area contributed by atoms with Gasteiger partial charge in [0.05, 0.1) is 10.8 Å². The second kappa shape index (κ2) is 5.93. The molecule has 2 rings (SSSR count). The van der Waals surface area contributed by atoms with Gasteiger partial charge >= 0.3 is 0 Å². The normalized spacial score (nSPS) is 19.6. The SMILES string of the molecule is CNS(=O)(=O)CC1CCCN1C(=O)c1cc(Cl)c(Cl)[nH]1. The summed E-state index contributed by atoms with van der Waals surface area (Å²) in [5.41, 5.74) is 0.272. The summed E-state index contributed by atoms with van der Waals surface area (Å²) in [7, 11) is -2.00. The second-order valence-corrected chi connectivity index (χ2v) is 7.38. The van der Waals surface area contributed by atoms with Crippen LogP contribution in [0.4, 0.5) is 0 Å². The van der Waals surface area contributed by atoms with Gasteiger partial charge in [0.1, 0.15) is 10.8 Å². The Kier molecular flexibility index (Phi) is 4.63. The summed E-state index contributed by atoms with van der Waals surface area (Å²) >= 11 is 11.6. The molecular weight excluding hydrogens is 325 g/mol. The Morgan fingerprint density at radius 2 is 2.25 bits per heavy atom. The van der Waals surface area contributed by atoms with Gasteiger partial charge < -0.3 is 9.88 Å². The summed E-state index contributed by atoms with van der Waals surface area (Å²) in [6, 6.07) is 1.12. The minimum atomic E-state index is -3.36. The zero-order valence-electron chi connectivity index (χ0n) is 10.8. The van der Waals surface area contributed by atoms with Crippen molar-refractivity contribution in [1.82, 2.24) is 14.6 Å². The van der Waals surface area contributed by atoms with Gasteiger partial charge in [0.2, 0.25) is 10.0 Å². The van der Waals surface area contributed by atoms with E-state index < -0.39 is 10.0 Å². The molecule has 0 aliphatic carbocycles. The number of carbonyl (C=O) groups is 1. The molecule has 0 radical (unpaired) electrons. The lowest BCUT2D eigenvalue weighted by Gasteiger charge is -2.23. The molecule has 1 saturated heterocycles. The predicted octanol–water partition coefficient (Wildman–Crippen LogP) is 1.48. The lowest BCUT2D eigenvalue weighted by molar-refractivity contribution is 0.0744. The van der Waals surface area contributed by atoms with Crippen molar-refractivity contribution in [2.24, 2.45) is 0 Å². The van der Waals surface area contributed by atoms with Gasteiger partial charge in [-0.1, -0.05) is 23.2 Å². The quantitative estimate of drug-likeness (QED) is 0.871. The van der Waals surface area contributed by atoms with Crippen molar-refractivity contribution in [3.63, 3.8) is 0 Å². The molecule has 1 atom stereocenters. The van der Waals surface area contributed by atoms with Gasteiger partial charge in [0.25, 0.3) is 5.91 Å². The van der Waals surface area contributed by atoms with Crippen molar-refractivity contribution in [3.8, 4) is 0 Å². The van der Waals surface area contributed by atoms with Crippen LogP contribution in [-0.2, 0) is 10.0 Å². The van der Waals surface area contributed by atoms with Crippen LogP contribution in [0.5, 0.6) is 0 Å². The first-order valence-corrected chi connectivity index (χ1v) is 8.51. The summed E-state index contributed by atoms with van der Waals surface area (Å²) in [4.78, 5) is 16.6. The third-order valence-corrected chi connectivity index (χ3v) is 5.45. The topological polar surface area (TPSA) is 82.3 Å². The van der Waals surface area contributed by atoms with Crippen molar-refractivity contribution in [2.75, 3.05) is 19.3 Å². The first-order valence-electron chi connectivity index (χ1n) is 6.10. The molecule has 112 valence electrons. The lowest BCUT2D eigenvalue weighted by Crippen LogP contribution is -2.41. The van der Waals surface area contributed by atoms with E-state index in [1.54, 1.807) is 4.90 Å². The first kappa shape index (κ1) is 15.6. The number of nitrogens with zero attached hydrogens (tertiary/aromatic N) is 1. The Morgan fingerprint density at radius 3 is 2.80 bits per heavy atom. The van der Waals surface area contributed by atoms with Crippen LogP contribution in [0.1, 0.15) is 23.3 Å². The van der Waals surface area contributed by atoms with Crippen molar-refractivity contribution in [3.05, 3.63) is 21.9 Å². The largest absolute Gasteiger partial charge is 0.340 e. The van der Waals surface area contributed by atoms with E-state index in [0.717, 1.165) is 6.42 Å². The highest BCUT2D eigenvalue weighted by Crippen LogP contribution is 2.25. The van der Waals surface area contributed by atoms with Gasteiger partial charge in [-0.15, -0.1) is 0 Å². The van der Waals surface area contributed by atoms with Crippen molar-refractivity contribution >= 4 is 39.1 Å². The number of H-pyrrole nitrogens is 1. The number of aromatic amines is 1. The zero-order chi connectivity index (χ0) is 14.9. The standard InChI is InChI=1S/C11H15Cl2N3O3S/c1-14-20(18,19)6-7-3-2-4-16(7)11(17)9-5-8(12)10(13)15-9/h5,7,14-15H,2-4,6H2,1H3. The maximum atomic E-state index is 12.4. The molecule has 20 heavy (non-hydrogen) atoms. The molecule has 6 nitrogen and oxygen atoms in total. The van der Waals surface area contributed by atoms with Gasteiger partial charge in [-0.3, -0.25) is 4.79 Å². The smallest absolute Gasteiger partial charge is 0.270 e. The number of rotatable bonds is 4. The van der Waals surface area contributed by atoms with Crippen molar-refractivity contribution in [2.45, 2.75) is 18.9 Å². The van der Waals surface area contributed by atoms with E-state index in [9.17, 15) is 13.2 Å². The molecule has 0 saturated carbocycles. The number of likely N-dealkylation sites (tertiary alicyclic amines) is 1. The fourth-order valence-corrected chi connectivity index (χ4v) is 3.62. The number of hydrogen-bond donors (Lipinski definition) is 2. The molecule has 1 amide bonds.